The maximum Gasteiger partial charge on any atom is 0.335 e. The van der Waals surface area contributed by atoms with Crippen molar-refractivity contribution in [3.05, 3.63) is 24.4 Å². The van der Waals surface area contributed by atoms with Crippen LogP contribution in [0.25, 0.3) is 0 Å². The van der Waals surface area contributed by atoms with Gasteiger partial charge in [-0.25, -0.2) is 14.5 Å². The molecule has 2 rings (SSSR count). The van der Waals surface area contributed by atoms with Gasteiger partial charge in [0.1, 0.15) is 5.82 Å². The number of anilines is 1. The molecule has 1 aromatic heterocycles. The minimum Gasteiger partial charge on any atom is -0.291 e. The van der Waals surface area contributed by atoms with Crippen molar-refractivity contribution in [2.75, 3.05) is 5.32 Å². The van der Waals surface area contributed by atoms with Crippen LogP contribution in [0, 0.1) is 0 Å². The summed E-state index contributed by atoms with van der Waals surface area (Å²) < 4.78 is 28.1. The van der Waals surface area contributed by atoms with Crippen LogP contribution in [-0.2, 0) is 10.2 Å². The normalized spacial score (nSPS) is 23.5. The highest BCUT2D eigenvalue weighted by atomic mass is 32.2. The lowest BCUT2D eigenvalue weighted by atomic mass is 10.0. The van der Waals surface area contributed by atoms with Gasteiger partial charge in [-0.2, -0.15) is 12.7 Å². The Labute approximate surface area is 124 Å². The summed E-state index contributed by atoms with van der Waals surface area (Å²) in [4.78, 5) is 15.7. The second-order valence-electron chi connectivity index (χ2n) is 5.24. The molecule has 0 aliphatic carbocycles. The van der Waals surface area contributed by atoms with Crippen molar-refractivity contribution in [1.29, 1.82) is 0 Å². The minimum absolute atomic E-state index is 0.117. The van der Waals surface area contributed by atoms with Gasteiger partial charge in [0, 0.05) is 18.3 Å². The Kier molecular flexibility index (Phi) is 4.79. The fourth-order valence-electron chi connectivity index (χ4n) is 2.62. The largest absolute Gasteiger partial charge is 0.335 e. The predicted molar refractivity (Wildman–Crippen MR) is 79.9 cm³/mol. The van der Waals surface area contributed by atoms with Crippen LogP contribution in [0.1, 0.15) is 33.1 Å². The van der Waals surface area contributed by atoms with E-state index in [1.165, 1.54) is 10.5 Å². The van der Waals surface area contributed by atoms with Crippen LogP contribution in [0.2, 0.25) is 0 Å². The van der Waals surface area contributed by atoms with E-state index in [0.717, 1.165) is 19.3 Å². The van der Waals surface area contributed by atoms with Gasteiger partial charge in [-0.3, -0.25) is 5.32 Å². The Bertz CT molecular complexity index is 581. The molecule has 1 aliphatic heterocycles. The first kappa shape index (κ1) is 15.7. The van der Waals surface area contributed by atoms with Gasteiger partial charge in [0.2, 0.25) is 0 Å². The van der Waals surface area contributed by atoms with Crippen LogP contribution in [0.3, 0.4) is 0 Å². The zero-order valence-corrected chi connectivity index (χ0v) is 12.9. The highest BCUT2D eigenvalue weighted by molar-refractivity contribution is 7.87. The van der Waals surface area contributed by atoms with Crippen LogP contribution in [0.4, 0.5) is 10.6 Å². The van der Waals surface area contributed by atoms with Crippen LogP contribution >= 0.6 is 0 Å². The lowest BCUT2D eigenvalue weighted by Gasteiger charge is -2.37. The van der Waals surface area contributed by atoms with Gasteiger partial charge < -0.3 is 0 Å². The minimum atomic E-state index is -3.86. The molecule has 2 heterocycles. The van der Waals surface area contributed by atoms with E-state index in [4.69, 9.17) is 0 Å². The first-order chi connectivity index (χ1) is 9.90. The van der Waals surface area contributed by atoms with Crippen LogP contribution in [0.5, 0.6) is 0 Å². The SMILES string of the molecule is CC1CCCC(C)N1S(=O)(=O)NC(=O)Nc1ccccn1. The van der Waals surface area contributed by atoms with E-state index in [-0.39, 0.29) is 12.1 Å². The Morgan fingerprint density at radius 2 is 1.95 bits per heavy atom. The molecule has 2 atom stereocenters. The van der Waals surface area contributed by atoms with Gasteiger partial charge >= 0.3 is 16.2 Å². The lowest BCUT2D eigenvalue weighted by molar-refractivity contribution is 0.201. The first-order valence-corrected chi connectivity index (χ1v) is 8.37. The molecular weight excluding hydrogens is 292 g/mol. The van der Waals surface area contributed by atoms with Crippen LogP contribution < -0.4 is 10.0 Å². The van der Waals surface area contributed by atoms with Gasteiger partial charge in [-0.15, -0.1) is 0 Å². The maximum atomic E-state index is 12.3. The summed E-state index contributed by atoms with van der Waals surface area (Å²) >= 11 is 0. The molecule has 1 aromatic rings. The molecule has 0 saturated carbocycles. The summed E-state index contributed by atoms with van der Waals surface area (Å²) in [6.45, 7) is 3.71. The van der Waals surface area contributed by atoms with E-state index in [1.54, 1.807) is 18.2 Å². The van der Waals surface area contributed by atoms with Crippen molar-refractivity contribution in [3.63, 3.8) is 0 Å². The molecule has 2 amide bonds. The Morgan fingerprint density at radius 1 is 1.29 bits per heavy atom. The fraction of sp³-hybridized carbons (Fsp3) is 0.538. The second-order valence-corrected chi connectivity index (χ2v) is 6.81. The molecule has 0 radical (unpaired) electrons. The summed E-state index contributed by atoms with van der Waals surface area (Å²) in [7, 11) is -3.86. The summed E-state index contributed by atoms with van der Waals surface area (Å²) in [5, 5.41) is 2.40. The Morgan fingerprint density at radius 3 is 2.52 bits per heavy atom. The highest BCUT2D eigenvalue weighted by Gasteiger charge is 2.35. The fourth-order valence-corrected chi connectivity index (χ4v) is 4.17. The number of pyridine rings is 1. The number of rotatable bonds is 3. The van der Waals surface area contributed by atoms with E-state index in [1.807, 2.05) is 18.6 Å². The van der Waals surface area contributed by atoms with Crippen LogP contribution in [-0.4, -0.2) is 35.8 Å². The number of amides is 2. The van der Waals surface area contributed by atoms with Crippen molar-refractivity contribution in [1.82, 2.24) is 14.0 Å². The second kappa shape index (κ2) is 6.40. The molecule has 1 fully saturated rings. The number of aromatic nitrogens is 1. The number of nitrogens with one attached hydrogen (secondary N) is 2. The summed E-state index contributed by atoms with van der Waals surface area (Å²) in [6, 6.07) is 3.95. The molecule has 0 bridgehead atoms. The smallest absolute Gasteiger partial charge is 0.291 e. The zero-order chi connectivity index (χ0) is 15.5. The molecule has 7 nitrogen and oxygen atoms in total. The van der Waals surface area contributed by atoms with Crippen LogP contribution in [0.15, 0.2) is 24.4 Å². The third kappa shape index (κ3) is 3.92. The summed E-state index contributed by atoms with van der Waals surface area (Å²) in [5.41, 5.74) is 0. The number of urea groups is 1. The van der Waals surface area contributed by atoms with Gasteiger partial charge in [0.15, 0.2) is 0 Å². The first-order valence-electron chi connectivity index (χ1n) is 6.93. The topological polar surface area (TPSA) is 91.4 Å². The number of hydrogen-bond acceptors (Lipinski definition) is 4. The highest BCUT2D eigenvalue weighted by Crippen LogP contribution is 2.24. The van der Waals surface area contributed by atoms with Crippen molar-refractivity contribution >= 4 is 22.1 Å². The van der Waals surface area contributed by atoms with Crippen molar-refractivity contribution in [3.8, 4) is 0 Å². The van der Waals surface area contributed by atoms with Gasteiger partial charge in [-0.05, 0) is 38.8 Å². The quantitative estimate of drug-likeness (QED) is 0.889. The number of hydrogen-bond donors (Lipinski definition) is 2. The van der Waals surface area contributed by atoms with E-state index in [9.17, 15) is 13.2 Å². The Balaban J connectivity index is 2.04. The van der Waals surface area contributed by atoms with Gasteiger partial charge in [-0.1, -0.05) is 12.5 Å². The number of piperidine rings is 1. The molecule has 1 aliphatic rings. The van der Waals surface area contributed by atoms with Gasteiger partial charge in [0.25, 0.3) is 0 Å². The lowest BCUT2D eigenvalue weighted by Crippen LogP contribution is -2.53. The third-order valence-electron chi connectivity index (χ3n) is 3.52. The van der Waals surface area contributed by atoms with E-state index >= 15 is 0 Å². The molecule has 8 heteroatoms. The third-order valence-corrected chi connectivity index (χ3v) is 5.24. The maximum absolute atomic E-state index is 12.3. The number of carbonyl (C=O) groups excluding carboxylic acids is 1. The molecule has 0 spiro atoms. The zero-order valence-electron chi connectivity index (χ0n) is 12.1. The van der Waals surface area contributed by atoms with Crippen molar-refractivity contribution in [2.45, 2.75) is 45.2 Å². The average Bonchev–Trinajstić information content (AvgIpc) is 2.38. The van der Waals surface area contributed by atoms with E-state index in [0.29, 0.717) is 5.82 Å². The Hall–Kier alpha value is -1.67. The molecule has 1 saturated heterocycles. The summed E-state index contributed by atoms with van der Waals surface area (Å²) in [6.07, 6.45) is 4.10. The standard InChI is InChI=1S/C13H20N4O3S/c1-10-6-5-7-11(2)17(10)21(19,20)16-13(18)15-12-8-3-4-9-14-12/h3-4,8-11H,5-7H2,1-2H3,(H2,14,15,16,18). The molecule has 21 heavy (non-hydrogen) atoms. The van der Waals surface area contributed by atoms with Crippen molar-refractivity contribution in [2.24, 2.45) is 0 Å². The number of nitrogens with zero attached hydrogens (tertiary/aromatic N) is 2. The molecular formula is C13H20N4O3S. The van der Waals surface area contributed by atoms with Gasteiger partial charge in [0.05, 0.1) is 0 Å². The average molecular weight is 312 g/mol. The predicted octanol–water partition coefficient (Wildman–Crippen LogP) is 1.71. The van der Waals surface area contributed by atoms with E-state index < -0.39 is 16.2 Å². The molecule has 2 unspecified atom stereocenters. The monoisotopic (exact) mass is 312 g/mol. The van der Waals surface area contributed by atoms with Crippen molar-refractivity contribution < 1.29 is 13.2 Å². The van der Waals surface area contributed by atoms with E-state index in [2.05, 4.69) is 10.3 Å². The summed E-state index contributed by atoms with van der Waals surface area (Å²) in [5.74, 6) is 0.296. The molecule has 0 aromatic carbocycles. The molecule has 2 N–H and O–H groups in total. The number of carbonyl (C=O) groups is 1. The molecule has 116 valence electrons.